The Morgan fingerprint density at radius 1 is 1.37 bits per heavy atom. The molecule has 0 radical (unpaired) electrons. The molecule has 1 N–H and O–H groups in total. The summed E-state index contributed by atoms with van der Waals surface area (Å²) in [5, 5.41) is 4.53. The molecular weight excluding hydrogens is 256 g/mol. The Hall–Kier alpha value is -0.970. The molecule has 1 aromatic carbocycles. The number of fused-ring (bicyclic) bond motifs is 1. The fraction of sp³-hybridized carbons (Fsp3) is 0.533. The van der Waals surface area contributed by atoms with Crippen molar-refractivity contribution in [1.29, 1.82) is 0 Å². The predicted octanol–water partition coefficient (Wildman–Crippen LogP) is 3.20. The normalized spacial score (nSPS) is 19.9. The van der Waals surface area contributed by atoms with Crippen molar-refractivity contribution in [3.05, 3.63) is 29.3 Å². The van der Waals surface area contributed by atoms with Gasteiger partial charge in [0.2, 0.25) is 0 Å². The number of thiazole rings is 1. The molecule has 0 saturated carbocycles. The van der Waals surface area contributed by atoms with E-state index in [1.54, 1.807) is 11.3 Å². The van der Waals surface area contributed by atoms with Gasteiger partial charge in [0, 0.05) is 6.61 Å². The van der Waals surface area contributed by atoms with E-state index in [1.807, 2.05) is 6.07 Å². The Labute approximate surface area is 118 Å². The first-order chi connectivity index (χ1) is 9.42. The monoisotopic (exact) mass is 276 g/mol. The molecule has 1 saturated heterocycles. The minimum Gasteiger partial charge on any atom is -0.374 e. The van der Waals surface area contributed by atoms with Gasteiger partial charge in [-0.2, -0.15) is 0 Å². The summed E-state index contributed by atoms with van der Waals surface area (Å²) in [7, 11) is 0. The van der Waals surface area contributed by atoms with Crippen LogP contribution in [0.2, 0.25) is 0 Å². The van der Waals surface area contributed by atoms with Crippen LogP contribution in [0, 0.1) is 5.92 Å². The lowest BCUT2D eigenvalue weighted by Crippen LogP contribution is -2.30. The van der Waals surface area contributed by atoms with Crippen LogP contribution in [-0.4, -0.2) is 24.7 Å². The van der Waals surface area contributed by atoms with E-state index >= 15 is 0 Å². The van der Waals surface area contributed by atoms with Crippen LogP contribution < -0.4 is 5.32 Å². The summed E-state index contributed by atoms with van der Waals surface area (Å²) in [5.74, 6) is 0.795. The summed E-state index contributed by atoms with van der Waals surface area (Å²) in [5.41, 5.74) is 1.09. The van der Waals surface area contributed by atoms with Gasteiger partial charge in [0.15, 0.2) is 0 Å². The minimum absolute atomic E-state index is 0.652. The van der Waals surface area contributed by atoms with E-state index in [1.165, 1.54) is 24.1 Å². The molecule has 3 nitrogen and oxygen atoms in total. The van der Waals surface area contributed by atoms with Crippen molar-refractivity contribution in [2.24, 2.45) is 5.92 Å². The number of para-hydroxylation sites is 1. The summed E-state index contributed by atoms with van der Waals surface area (Å²) in [6.07, 6.45) is 3.82. The third-order valence-electron chi connectivity index (χ3n) is 3.63. The highest BCUT2D eigenvalue weighted by Crippen LogP contribution is 2.22. The molecule has 1 aliphatic heterocycles. The summed E-state index contributed by atoms with van der Waals surface area (Å²) >= 11 is 1.73. The molecule has 0 spiro atoms. The molecule has 0 amide bonds. The lowest BCUT2D eigenvalue weighted by molar-refractivity contribution is 0.103. The quantitative estimate of drug-likeness (QED) is 0.852. The van der Waals surface area contributed by atoms with Crippen molar-refractivity contribution in [3.8, 4) is 0 Å². The first-order valence-electron chi connectivity index (χ1n) is 7.05. The molecule has 102 valence electrons. The minimum atomic E-state index is 0.652. The average molecular weight is 276 g/mol. The van der Waals surface area contributed by atoms with Crippen LogP contribution in [0.3, 0.4) is 0 Å². The van der Waals surface area contributed by atoms with E-state index < -0.39 is 0 Å². The van der Waals surface area contributed by atoms with Gasteiger partial charge in [-0.3, -0.25) is 0 Å². The average Bonchev–Trinajstić information content (AvgIpc) is 2.87. The van der Waals surface area contributed by atoms with Gasteiger partial charge in [0.05, 0.1) is 16.8 Å². The van der Waals surface area contributed by atoms with E-state index in [4.69, 9.17) is 4.74 Å². The van der Waals surface area contributed by atoms with Gasteiger partial charge < -0.3 is 10.1 Å². The third kappa shape index (κ3) is 3.53. The highest BCUT2D eigenvalue weighted by Gasteiger charge is 2.12. The molecule has 19 heavy (non-hydrogen) atoms. The van der Waals surface area contributed by atoms with Crippen LogP contribution in [-0.2, 0) is 11.3 Å². The SMILES string of the molecule is c1ccc2sc(COCCC3CCCNC3)nc2c1. The van der Waals surface area contributed by atoms with Crippen LogP contribution >= 0.6 is 11.3 Å². The second kappa shape index (κ2) is 6.46. The standard InChI is InChI=1S/C15H20N2OS/c1-2-6-14-13(5-1)17-15(19-14)11-18-9-7-12-4-3-8-16-10-12/h1-2,5-6,12,16H,3-4,7-11H2. The van der Waals surface area contributed by atoms with Crippen LogP contribution in [0.15, 0.2) is 24.3 Å². The smallest absolute Gasteiger partial charge is 0.120 e. The molecule has 2 aromatic rings. The number of rotatable bonds is 5. The van der Waals surface area contributed by atoms with Gasteiger partial charge >= 0.3 is 0 Å². The van der Waals surface area contributed by atoms with Crippen LogP contribution in [0.25, 0.3) is 10.2 Å². The Kier molecular flexibility index (Phi) is 4.43. The molecule has 4 heteroatoms. The second-order valence-electron chi connectivity index (χ2n) is 5.13. The Morgan fingerprint density at radius 3 is 3.16 bits per heavy atom. The molecule has 2 heterocycles. The fourth-order valence-corrected chi connectivity index (χ4v) is 3.47. The lowest BCUT2D eigenvalue weighted by Gasteiger charge is -2.22. The number of aromatic nitrogens is 1. The van der Waals surface area contributed by atoms with Crippen LogP contribution in [0.1, 0.15) is 24.3 Å². The highest BCUT2D eigenvalue weighted by molar-refractivity contribution is 7.18. The molecule has 0 aliphatic carbocycles. The summed E-state index contributed by atoms with van der Waals surface area (Å²) in [4.78, 5) is 4.58. The first kappa shape index (κ1) is 13.0. The van der Waals surface area contributed by atoms with Gasteiger partial charge in [-0.05, 0) is 50.4 Å². The maximum absolute atomic E-state index is 5.77. The number of nitrogens with zero attached hydrogens (tertiary/aromatic N) is 1. The van der Waals surface area contributed by atoms with Crippen molar-refractivity contribution in [2.45, 2.75) is 25.9 Å². The fourth-order valence-electron chi connectivity index (χ4n) is 2.56. The first-order valence-corrected chi connectivity index (χ1v) is 7.86. The van der Waals surface area contributed by atoms with Gasteiger partial charge in [0.1, 0.15) is 5.01 Å². The molecule has 1 aliphatic rings. The zero-order valence-electron chi connectivity index (χ0n) is 11.1. The van der Waals surface area contributed by atoms with Crippen LogP contribution in [0.5, 0.6) is 0 Å². The largest absolute Gasteiger partial charge is 0.374 e. The van der Waals surface area contributed by atoms with E-state index in [0.29, 0.717) is 6.61 Å². The molecule has 3 rings (SSSR count). The van der Waals surface area contributed by atoms with Crippen molar-refractivity contribution < 1.29 is 4.74 Å². The number of nitrogens with one attached hydrogen (secondary N) is 1. The lowest BCUT2D eigenvalue weighted by atomic mass is 9.97. The zero-order valence-corrected chi connectivity index (χ0v) is 11.9. The topological polar surface area (TPSA) is 34.1 Å². The molecule has 1 unspecified atom stereocenters. The second-order valence-corrected chi connectivity index (χ2v) is 6.24. The predicted molar refractivity (Wildman–Crippen MR) is 79.5 cm³/mol. The molecule has 1 atom stereocenters. The van der Waals surface area contributed by atoms with Crippen LogP contribution in [0.4, 0.5) is 0 Å². The Bertz CT molecular complexity index is 487. The van der Waals surface area contributed by atoms with E-state index in [2.05, 4.69) is 28.5 Å². The van der Waals surface area contributed by atoms with E-state index in [9.17, 15) is 0 Å². The third-order valence-corrected chi connectivity index (χ3v) is 4.64. The van der Waals surface area contributed by atoms with E-state index in [-0.39, 0.29) is 0 Å². The summed E-state index contributed by atoms with van der Waals surface area (Å²) < 4.78 is 7.02. The van der Waals surface area contributed by atoms with Crippen molar-refractivity contribution in [2.75, 3.05) is 19.7 Å². The maximum Gasteiger partial charge on any atom is 0.120 e. The summed E-state index contributed by atoms with van der Waals surface area (Å²) in [6, 6.07) is 8.26. The maximum atomic E-state index is 5.77. The Balaban J connectivity index is 1.44. The van der Waals surface area contributed by atoms with Gasteiger partial charge in [-0.1, -0.05) is 12.1 Å². The number of hydrogen-bond donors (Lipinski definition) is 1. The number of hydrogen-bond acceptors (Lipinski definition) is 4. The van der Waals surface area contributed by atoms with E-state index in [0.717, 1.165) is 36.0 Å². The van der Waals surface area contributed by atoms with Crippen molar-refractivity contribution in [3.63, 3.8) is 0 Å². The number of ether oxygens (including phenoxy) is 1. The molecule has 0 bridgehead atoms. The summed E-state index contributed by atoms with van der Waals surface area (Å²) in [6.45, 7) is 3.84. The Morgan fingerprint density at radius 2 is 2.32 bits per heavy atom. The molecule has 1 aromatic heterocycles. The molecular formula is C15H20N2OS. The highest BCUT2D eigenvalue weighted by atomic mass is 32.1. The number of benzene rings is 1. The number of piperidine rings is 1. The molecule has 1 fully saturated rings. The zero-order chi connectivity index (χ0) is 12.9. The van der Waals surface area contributed by atoms with Crippen molar-refractivity contribution in [1.82, 2.24) is 10.3 Å². The van der Waals surface area contributed by atoms with Gasteiger partial charge in [0.25, 0.3) is 0 Å². The van der Waals surface area contributed by atoms with Gasteiger partial charge in [-0.15, -0.1) is 11.3 Å². The van der Waals surface area contributed by atoms with Gasteiger partial charge in [-0.25, -0.2) is 4.98 Å². The van der Waals surface area contributed by atoms with Crippen molar-refractivity contribution >= 4 is 21.6 Å².